The fourth-order valence-electron chi connectivity index (χ4n) is 3.38. The van der Waals surface area contributed by atoms with Gasteiger partial charge in [-0.2, -0.15) is 11.2 Å². The summed E-state index contributed by atoms with van der Waals surface area (Å²) in [5, 5.41) is 0. The second-order valence-corrected chi connectivity index (χ2v) is 19.5. The van der Waals surface area contributed by atoms with Gasteiger partial charge in [0.25, 0.3) is 0 Å². The summed E-state index contributed by atoms with van der Waals surface area (Å²) in [4.78, 5) is 0. The van der Waals surface area contributed by atoms with E-state index in [-0.39, 0.29) is 5.44 Å². The van der Waals surface area contributed by atoms with E-state index in [0.29, 0.717) is 5.92 Å². The van der Waals surface area contributed by atoms with Crippen LogP contribution in [0.15, 0.2) is 0 Å². The highest BCUT2D eigenvalue weighted by molar-refractivity contribution is 8.29. The number of hydrogen-bond acceptors (Lipinski definition) is 4. The molecular weight excluding hydrogens is 400 g/mol. The third-order valence-corrected chi connectivity index (χ3v) is 18.7. The average Bonchev–Trinajstić information content (AvgIpc) is 2.66. The SMILES string of the molecule is CCCCO[Si](CC(C)C)(OCCCC)OC(CCC)S[Si](CC)(CC)CC. The molecule has 0 aliphatic rings. The molecule has 0 aliphatic carbocycles. The van der Waals surface area contributed by atoms with Gasteiger partial charge >= 0.3 is 8.80 Å². The average molecular weight is 451 g/mol. The van der Waals surface area contributed by atoms with Crippen LogP contribution in [0.3, 0.4) is 0 Å². The lowest BCUT2D eigenvalue weighted by atomic mass is 10.3. The first-order chi connectivity index (χ1) is 13.4. The topological polar surface area (TPSA) is 27.7 Å². The van der Waals surface area contributed by atoms with Gasteiger partial charge < -0.3 is 13.3 Å². The van der Waals surface area contributed by atoms with E-state index in [9.17, 15) is 0 Å². The van der Waals surface area contributed by atoms with Crippen molar-refractivity contribution in [1.82, 2.24) is 0 Å². The quantitative estimate of drug-likeness (QED) is 0.113. The highest BCUT2D eigenvalue weighted by atomic mass is 32.4. The van der Waals surface area contributed by atoms with Crippen LogP contribution >= 0.6 is 11.2 Å². The molecule has 0 aromatic carbocycles. The van der Waals surface area contributed by atoms with E-state index in [4.69, 9.17) is 13.3 Å². The summed E-state index contributed by atoms with van der Waals surface area (Å²) in [5.74, 6) is 0.521. The van der Waals surface area contributed by atoms with E-state index in [2.05, 4.69) is 66.6 Å². The lowest BCUT2D eigenvalue weighted by Gasteiger charge is -2.38. The Kier molecular flexibility index (Phi) is 16.8. The normalized spacial score (nSPS) is 14.0. The lowest BCUT2D eigenvalue weighted by Crippen LogP contribution is -2.50. The Bertz CT molecular complexity index is 347. The van der Waals surface area contributed by atoms with Gasteiger partial charge in [0.15, 0.2) is 0 Å². The Hall–Kier alpha value is 0.664. The van der Waals surface area contributed by atoms with Gasteiger partial charge in [0.1, 0.15) is 7.22 Å². The first-order valence-electron chi connectivity index (χ1n) is 12.0. The molecule has 6 heteroatoms. The number of hydrogen-bond donors (Lipinski definition) is 0. The molecule has 0 aliphatic heterocycles. The molecule has 0 bridgehead atoms. The summed E-state index contributed by atoms with van der Waals surface area (Å²) in [6, 6.07) is 4.89. The summed E-state index contributed by atoms with van der Waals surface area (Å²) in [6.45, 7) is 19.9. The van der Waals surface area contributed by atoms with Gasteiger partial charge in [-0.05, 0) is 25.2 Å². The zero-order valence-corrected chi connectivity index (χ0v) is 23.1. The molecule has 0 saturated heterocycles. The van der Waals surface area contributed by atoms with Gasteiger partial charge in [-0.25, -0.2) is 0 Å². The van der Waals surface area contributed by atoms with E-state index < -0.39 is 16.0 Å². The summed E-state index contributed by atoms with van der Waals surface area (Å²) in [6.07, 6.45) is 6.69. The van der Waals surface area contributed by atoms with Crippen LogP contribution in [-0.2, 0) is 13.3 Å². The van der Waals surface area contributed by atoms with E-state index in [0.717, 1.165) is 57.8 Å². The van der Waals surface area contributed by atoms with E-state index in [1.165, 1.54) is 18.1 Å². The van der Waals surface area contributed by atoms with Crippen molar-refractivity contribution in [2.24, 2.45) is 5.92 Å². The van der Waals surface area contributed by atoms with E-state index >= 15 is 0 Å². The van der Waals surface area contributed by atoms with Gasteiger partial charge in [0, 0.05) is 19.3 Å². The molecule has 0 heterocycles. The zero-order chi connectivity index (χ0) is 21.5. The molecule has 0 aromatic heterocycles. The van der Waals surface area contributed by atoms with Crippen molar-refractivity contribution in [3.8, 4) is 0 Å². The minimum atomic E-state index is -2.67. The summed E-state index contributed by atoms with van der Waals surface area (Å²) < 4.78 is 20.0. The molecule has 0 N–H and O–H groups in total. The molecule has 0 aromatic rings. The fourth-order valence-corrected chi connectivity index (χ4v) is 13.9. The molecule has 0 fully saturated rings. The van der Waals surface area contributed by atoms with Crippen LogP contribution in [0.2, 0.25) is 24.2 Å². The molecule has 1 atom stereocenters. The highest BCUT2D eigenvalue weighted by Gasteiger charge is 2.45. The van der Waals surface area contributed by atoms with Crippen LogP contribution in [0.1, 0.15) is 93.9 Å². The van der Waals surface area contributed by atoms with Crippen molar-refractivity contribution >= 4 is 27.2 Å². The molecule has 3 nitrogen and oxygen atoms in total. The molecule has 28 heavy (non-hydrogen) atoms. The third-order valence-electron chi connectivity index (χ3n) is 5.45. The molecular formula is C22H50O3SSi2. The second-order valence-electron chi connectivity index (χ2n) is 8.38. The molecule has 170 valence electrons. The maximum Gasteiger partial charge on any atom is 0.502 e. The van der Waals surface area contributed by atoms with Gasteiger partial charge in [-0.3, -0.25) is 0 Å². The maximum atomic E-state index is 6.94. The predicted molar refractivity (Wildman–Crippen MR) is 132 cm³/mol. The van der Waals surface area contributed by atoms with Crippen molar-refractivity contribution in [3.63, 3.8) is 0 Å². The zero-order valence-electron chi connectivity index (χ0n) is 20.3. The van der Waals surface area contributed by atoms with Gasteiger partial charge in [-0.1, -0.05) is 92.8 Å². The minimum Gasteiger partial charge on any atom is -0.373 e. The minimum absolute atomic E-state index is 0.227. The van der Waals surface area contributed by atoms with Crippen LogP contribution in [0.25, 0.3) is 0 Å². The largest absolute Gasteiger partial charge is 0.502 e. The third kappa shape index (κ3) is 11.2. The van der Waals surface area contributed by atoms with Crippen LogP contribution in [0.4, 0.5) is 0 Å². The number of unbranched alkanes of at least 4 members (excludes halogenated alkanes) is 2. The smallest absolute Gasteiger partial charge is 0.373 e. The summed E-state index contributed by atoms with van der Waals surface area (Å²) >= 11 is 2.19. The van der Waals surface area contributed by atoms with Crippen LogP contribution in [0, 0.1) is 5.92 Å². The Morgan fingerprint density at radius 1 is 0.750 bits per heavy atom. The summed E-state index contributed by atoms with van der Waals surface area (Å²) in [5.41, 5.74) is 0.227. The fraction of sp³-hybridized carbons (Fsp3) is 1.00. The molecule has 0 spiro atoms. The molecule has 0 radical (unpaired) electrons. The molecule has 0 amide bonds. The maximum absolute atomic E-state index is 6.94. The Morgan fingerprint density at radius 2 is 1.25 bits per heavy atom. The highest BCUT2D eigenvalue weighted by Crippen LogP contribution is 2.39. The van der Waals surface area contributed by atoms with Crippen LogP contribution < -0.4 is 0 Å². The van der Waals surface area contributed by atoms with Crippen molar-refractivity contribution in [2.75, 3.05) is 13.2 Å². The van der Waals surface area contributed by atoms with Crippen molar-refractivity contribution in [1.29, 1.82) is 0 Å². The lowest BCUT2D eigenvalue weighted by molar-refractivity contribution is 0.0450. The standard InChI is InChI=1S/C22H50O3SSi2/c1-9-15-18-23-28(20-21(7)8,24-19-16-10-2)25-22(17-11-3)26-27(12-4,13-5)14-6/h21-22H,9-20H2,1-8H3. The predicted octanol–water partition coefficient (Wildman–Crippen LogP) is 8.10. The first kappa shape index (κ1) is 28.7. The van der Waals surface area contributed by atoms with Crippen LogP contribution in [-0.4, -0.2) is 34.7 Å². The van der Waals surface area contributed by atoms with Crippen molar-refractivity contribution < 1.29 is 13.3 Å². The second kappa shape index (κ2) is 16.4. The monoisotopic (exact) mass is 450 g/mol. The Labute approximate surface area is 183 Å². The van der Waals surface area contributed by atoms with Gasteiger partial charge in [0.05, 0.1) is 5.44 Å². The van der Waals surface area contributed by atoms with Crippen LogP contribution in [0.5, 0.6) is 0 Å². The van der Waals surface area contributed by atoms with Gasteiger partial charge in [0.2, 0.25) is 0 Å². The summed E-state index contributed by atoms with van der Waals surface area (Å²) in [7, 11) is -4.00. The number of rotatable bonds is 19. The Morgan fingerprint density at radius 3 is 1.61 bits per heavy atom. The first-order valence-corrected chi connectivity index (χ1v) is 18.2. The molecule has 0 saturated carbocycles. The van der Waals surface area contributed by atoms with E-state index in [1.54, 1.807) is 0 Å². The Balaban J connectivity index is 5.55. The van der Waals surface area contributed by atoms with Gasteiger partial charge in [-0.15, -0.1) is 0 Å². The van der Waals surface area contributed by atoms with Crippen molar-refractivity contribution in [2.45, 2.75) is 124 Å². The molecule has 0 rings (SSSR count). The van der Waals surface area contributed by atoms with Crippen molar-refractivity contribution in [3.05, 3.63) is 0 Å². The van der Waals surface area contributed by atoms with E-state index in [1.807, 2.05) is 0 Å². The molecule has 1 unspecified atom stereocenters.